The first-order valence-electron chi connectivity index (χ1n) is 7.31. The van der Waals surface area contributed by atoms with Crippen molar-refractivity contribution < 1.29 is 17.9 Å². The van der Waals surface area contributed by atoms with Gasteiger partial charge in [0.1, 0.15) is 5.69 Å². The number of carbonyl (C=O) groups is 1. The number of aryl methyl sites for hydroxylation is 2. The van der Waals surface area contributed by atoms with Crippen LogP contribution in [-0.2, 0) is 14.9 Å². The zero-order valence-electron chi connectivity index (χ0n) is 13.8. The van der Waals surface area contributed by atoms with Crippen molar-refractivity contribution in [1.82, 2.24) is 13.9 Å². The molecule has 0 unspecified atom stereocenters. The molecule has 0 spiro atoms. The number of fused-ring (bicyclic) bond motifs is 1. The summed E-state index contributed by atoms with van der Waals surface area (Å²) in [6.45, 7) is 3.73. The minimum atomic E-state index is -4.18. The monoisotopic (exact) mass is 360 g/mol. The lowest BCUT2D eigenvalue weighted by atomic mass is 10.1. The summed E-state index contributed by atoms with van der Waals surface area (Å²) in [7, 11) is -2.95. The van der Waals surface area contributed by atoms with E-state index < -0.39 is 16.2 Å². The number of nitrogens with zero attached hydrogens (tertiary/aromatic N) is 3. The van der Waals surface area contributed by atoms with Gasteiger partial charge >= 0.3 is 16.2 Å². The smallest absolute Gasteiger partial charge is 0.340 e. The standard InChI is InChI=1S/C16H16N4O4S/c1-9-6-7-12-13(10(9)2)19-15(20(12)25(17,22)23)14-11(16(21)24-3)5-4-8-18-14/h4-8H,1-3H3,(H2,17,22,23). The van der Waals surface area contributed by atoms with Crippen molar-refractivity contribution in [2.24, 2.45) is 5.14 Å². The number of rotatable bonds is 3. The van der Waals surface area contributed by atoms with Crippen LogP contribution in [0.1, 0.15) is 21.5 Å². The van der Waals surface area contributed by atoms with Crippen molar-refractivity contribution in [1.29, 1.82) is 0 Å². The van der Waals surface area contributed by atoms with Crippen LogP contribution in [0.4, 0.5) is 0 Å². The largest absolute Gasteiger partial charge is 0.465 e. The van der Waals surface area contributed by atoms with Crippen LogP contribution in [0.15, 0.2) is 30.5 Å². The van der Waals surface area contributed by atoms with Gasteiger partial charge in [-0.1, -0.05) is 6.07 Å². The number of methoxy groups -OCH3 is 1. The number of carbonyl (C=O) groups excluding carboxylic acids is 1. The van der Waals surface area contributed by atoms with E-state index >= 15 is 0 Å². The highest BCUT2D eigenvalue weighted by Crippen LogP contribution is 2.29. The molecule has 2 aromatic heterocycles. The molecular weight excluding hydrogens is 344 g/mol. The molecule has 0 saturated carbocycles. The molecule has 0 aliphatic rings. The first-order chi connectivity index (χ1) is 11.8. The number of ether oxygens (including phenoxy) is 1. The van der Waals surface area contributed by atoms with Gasteiger partial charge in [0, 0.05) is 6.20 Å². The third-order valence-electron chi connectivity index (χ3n) is 3.99. The van der Waals surface area contributed by atoms with Gasteiger partial charge in [0.15, 0.2) is 5.82 Å². The minimum absolute atomic E-state index is 0.0350. The minimum Gasteiger partial charge on any atom is -0.465 e. The highest BCUT2D eigenvalue weighted by Gasteiger charge is 2.26. The van der Waals surface area contributed by atoms with Crippen LogP contribution < -0.4 is 5.14 Å². The van der Waals surface area contributed by atoms with Crippen molar-refractivity contribution in [2.75, 3.05) is 7.11 Å². The van der Waals surface area contributed by atoms with Crippen molar-refractivity contribution in [3.8, 4) is 11.5 Å². The van der Waals surface area contributed by atoms with Gasteiger partial charge in [-0.2, -0.15) is 8.42 Å². The molecule has 0 atom stereocenters. The summed E-state index contributed by atoms with van der Waals surface area (Å²) >= 11 is 0. The summed E-state index contributed by atoms with van der Waals surface area (Å²) in [5.74, 6) is -0.684. The van der Waals surface area contributed by atoms with Gasteiger partial charge in [-0.25, -0.2) is 18.9 Å². The summed E-state index contributed by atoms with van der Waals surface area (Å²) in [4.78, 5) is 20.6. The summed E-state index contributed by atoms with van der Waals surface area (Å²) in [5.41, 5.74) is 2.74. The van der Waals surface area contributed by atoms with Gasteiger partial charge in [-0.05, 0) is 43.2 Å². The SMILES string of the molecule is COC(=O)c1cccnc1-c1nc2c(C)c(C)ccc2n1S(N)(=O)=O. The zero-order chi connectivity index (χ0) is 18.4. The van der Waals surface area contributed by atoms with Crippen molar-refractivity contribution >= 4 is 27.2 Å². The quantitative estimate of drug-likeness (QED) is 0.708. The van der Waals surface area contributed by atoms with Gasteiger partial charge in [0.05, 0.1) is 23.7 Å². The van der Waals surface area contributed by atoms with E-state index in [0.717, 1.165) is 15.1 Å². The highest BCUT2D eigenvalue weighted by molar-refractivity contribution is 7.87. The predicted molar refractivity (Wildman–Crippen MR) is 92.3 cm³/mol. The van der Waals surface area contributed by atoms with Crippen LogP contribution >= 0.6 is 0 Å². The second-order valence-corrected chi connectivity index (χ2v) is 6.91. The number of aromatic nitrogens is 3. The Balaban J connectivity index is 2.46. The molecule has 0 saturated heterocycles. The average Bonchev–Trinajstić information content (AvgIpc) is 2.98. The molecule has 0 radical (unpaired) electrons. The van der Waals surface area contributed by atoms with Crippen LogP contribution in [0.25, 0.3) is 22.6 Å². The van der Waals surface area contributed by atoms with E-state index in [2.05, 4.69) is 9.97 Å². The fourth-order valence-electron chi connectivity index (χ4n) is 2.62. The molecule has 8 nitrogen and oxygen atoms in total. The molecule has 9 heteroatoms. The van der Waals surface area contributed by atoms with Gasteiger partial charge < -0.3 is 4.74 Å². The number of imidazole rings is 1. The molecule has 2 N–H and O–H groups in total. The molecule has 0 aliphatic carbocycles. The van der Waals surface area contributed by atoms with Crippen LogP contribution in [0, 0.1) is 13.8 Å². The van der Waals surface area contributed by atoms with E-state index in [0.29, 0.717) is 11.0 Å². The van der Waals surface area contributed by atoms with E-state index in [-0.39, 0.29) is 17.1 Å². The third-order valence-corrected chi connectivity index (χ3v) is 4.87. The molecule has 0 amide bonds. The molecule has 3 aromatic rings. The van der Waals surface area contributed by atoms with Gasteiger partial charge in [-0.15, -0.1) is 0 Å². The van der Waals surface area contributed by atoms with Crippen LogP contribution in [-0.4, -0.2) is 35.4 Å². The Hall–Kier alpha value is -2.78. The van der Waals surface area contributed by atoms with Crippen LogP contribution in [0.2, 0.25) is 0 Å². The maximum Gasteiger partial charge on any atom is 0.340 e. The number of benzene rings is 1. The van der Waals surface area contributed by atoms with E-state index in [4.69, 9.17) is 9.88 Å². The Kier molecular flexibility index (Phi) is 4.05. The van der Waals surface area contributed by atoms with Crippen LogP contribution in [0.3, 0.4) is 0 Å². The van der Waals surface area contributed by atoms with Gasteiger partial charge in [0.25, 0.3) is 0 Å². The van der Waals surface area contributed by atoms with E-state index in [1.54, 1.807) is 18.2 Å². The summed E-state index contributed by atoms with van der Waals surface area (Å²) < 4.78 is 30.0. The van der Waals surface area contributed by atoms with Crippen LogP contribution in [0.5, 0.6) is 0 Å². The fourth-order valence-corrected chi connectivity index (χ4v) is 3.41. The molecule has 2 heterocycles. The highest BCUT2D eigenvalue weighted by atomic mass is 32.2. The molecule has 3 rings (SSSR count). The van der Waals surface area contributed by atoms with E-state index in [1.165, 1.54) is 19.4 Å². The molecule has 0 fully saturated rings. The second-order valence-electron chi connectivity index (χ2n) is 5.51. The maximum absolute atomic E-state index is 12.2. The van der Waals surface area contributed by atoms with Gasteiger partial charge in [-0.3, -0.25) is 4.98 Å². The molecule has 130 valence electrons. The van der Waals surface area contributed by atoms with Crippen molar-refractivity contribution in [2.45, 2.75) is 13.8 Å². The first kappa shape index (κ1) is 17.1. The normalized spacial score (nSPS) is 11.7. The lowest BCUT2D eigenvalue weighted by molar-refractivity contribution is 0.0601. The lowest BCUT2D eigenvalue weighted by Crippen LogP contribution is -2.23. The van der Waals surface area contributed by atoms with Crippen molar-refractivity contribution in [3.63, 3.8) is 0 Å². The number of nitrogens with two attached hydrogens (primary N) is 1. The Morgan fingerprint density at radius 1 is 1.24 bits per heavy atom. The topological polar surface area (TPSA) is 117 Å². The molecule has 1 aromatic carbocycles. The zero-order valence-corrected chi connectivity index (χ0v) is 14.7. The number of pyridine rings is 1. The lowest BCUT2D eigenvalue weighted by Gasteiger charge is -2.08. The summed E-state index contributed by atoms with van der Waals surface area (Å²) in [5, 5.41) is 5.40. The fraction of sp³-hybridized carbons (Fsp3) is 0.188. The second kappa shape index (κ2) is 5.94. The molecular formula is C16H16N4O4S. The third kappa shape index (κ3) is 2.77. The number of esters is 1. The number of hydrogen-bond donors (Lipinski definition) is 1. The summed E-state index contributed by atoms with van der Waals surface area (Å²) in [6, 6.07) is 6.44. The van der Waals surface area contributed by atoms with E-state index in [9.17, 15) is 13.2 Å². The Bertz CT molecular complexity index is 1100. The summed E-state index contributed by atoms with van der Waals surface area (Å²) in [6.07, 6.45) is 1.44. The molecule has 0 bridgehead atoms. The first-order valence-corrected chi connectivity index (χ1v) is 8.81. The average molecular weight is 360 g/mol. The van der Waals surface area contributed by atoms with E-state index in [1.807, 2.05) is 13.8 Å². The van der Waals surface area contributed by atoms with Gasteiger partial charge in [0.2, 0.25) is 0 Å². The Morgan fingerprint density at radius 2 is 1.96 bits per heavy atom. The number of hydrogen-bond acceptors (Lipinski definition) is 6. The molecule has 25 heavy (non-hydrogen) atoms. The molecule has 0 aliphatic heterocycles. The van der Waals surface area contributed by atoms with Crippen molar-refractivity contribution in [3.05, 3.63) is 47.2 Å². The Labute approximate surface area is 144 Å². The predicted octanol–water partition coefficient (Wildman–Crippen LogP) is 1.55. The Morgan fingerprint density at radius 3 is 2.60 bits per heavy atom. The maximum atomic E-state index is 12.2.